The minimum absolute atomic E-state index is 0.0113. The number of aromatic carboxylic acids is 1. The first-order chi connectivity index (χ1) is 7.43. The van der Waals surface area contributed by atoms with Gasteiger partial charge in [-0.05, 0) is 26.0 Å². The SMILES string of the molecule is CC(C)Nc1cccc(C(=O)O)c1[N+](=O)[O-]. The summed E-state index contributed by atoms with van der Waals surface area (Å²) in [6.45, 7) is 3.63. The lowest BCUT2D eigenvalue weighted by molar-refractivity contribution is -0.384. The van der Waals surface area contributed by atoms with Crippen LogP contribution >= 0.6 is 0 Å². The van der Waals surface area contributed by atoms with Crippen LogP contribution in [-0.4, -0.2) is 22.0 Å². The summed E-state index contributed by atoms with van der Waals surface area (Å²) in [5, 5.41) is 22.5. The normalized spacial score (nSPS) is 10.2. The molecule has 0 bridgehead atoms. The molecule has 1 rings (SSSR count). The molecule has 0 unspecified atom stereocenters. The van der Waals surface area contributed by atoms with Crippen molar-refractivity contribution in [2.75, 3.05) is 5.32 Å². The summed E-state index contributed by atoms with van der Waals surface area (Å²) < 4.78 is 0. The highest BCUT2D eigenvalue weighted by atomic mass is 16.6. The van der Waals surface area contributed by atoms with Gasteiger partial charge in [0.1, 0.15) is 11.3 Å². The smallest absolute Gasteiger partial charge is 0.342 e. The fourth-order valence-corrected chi connectivity index (χ4v) is 1.34. The number of carboxylic acids is 1. The van der Waals surface area contributed by atoms with Gasteiger partial charge < -0.3 is 10.4 Å². The molecule has 0 amide bonds. The van der Waals surface area contributed by atoms with E-state index in [0.717, 1.165) is 0 Å². The van der Waals surface area contributed by atoms with E-state index in [9.17, 15) is 14.9 Å². The molecule has 1 aromatic carbocycles. The highest BCUT2D eigenvalue weighted by Crippen LogP contribution is 2.29. The van der Waals surface area contributed by atoms with E-state index in [0.29, 0.717) is 0 Å². The largest absolute Gasteiger partial charge is 0.477 e. The average Bonchev–Trinajstić information content (AvgIpc) is 2.15. The first kappa shape index (κ1) is 12.0. The fraction of sp³-hybridized carbons (Fsp3) is 0.300. The van der Waals surface area contributed by atoms with Gasteiger partial charge in [0.05, 0.1) is 4.92 Å². The molecule has 16 heavy (non-hydrogen) atoms. The number of carbonyl (C=O) groups is 1. The van der Waals surface area contributed by atoms with Gasteiger partial charge in [-0.2, -0.15) is 0 Å². The molecule has 0 aliphatic heterocycles. The third-order valence-electron chi connectivity index (χ3n) is 1.89. The number of anilines is 1. The van der Waals surface area contributed by atoms with Crippen LogP contribution in [0.15, 0.2) is 18.2 Å². The van der Waals surface area contributed by atoms with Crippen LogP contribution in [-0.2, 0) is 0 Å². The van der Waals surface area contributed by atoms with E-state index in [1.807, 2.05) is 13.8 Å². The highest BCUT2D eigenvalue weighted by Gasteiger charge is 2.24. The Morgan fingerprint density at radius 2 is 2.12 bits per heavy atom. The third-order valence-corrected chi connectivity index (χ3v) is 1.89. The zero-order valence-corrected chi connectivity index (χ0v) is 8.93. The van der Waals surface area contributed by atoms with Gasteiger partial charge in [0.2, 0.25) is 0 Å². The number of hydrogen-bond donors (Lipinski definition) is 2. The Kier molecular flexibility index (Phi) is 3.44. The number of carboxylic acid groups (broad SMARTS) is 1. The molecule has 86 valence electrons. The minimum atomic E-state index is -1.31. The molecule has 0 aliphatic rings. The van der Waals surface area contributed by atoms with Crippen molar-refractivity contribution in [2.24, 2.45) is 0 Å². The van der Waals surface area contributed by atoms with Gasteiger partial charge in [0, 0.05) is 6.04 Å². The molecule has 0 spiro atoms. The van der Waals surface area contributed by atoms with Crippen molar-refractivity contribution in [3.8, 4) is 0 Å². The zero-order chi connectivity index (χ0) is 12.3. The molecule has 0 heterocycles. The van der Waals surface area contributed by atoms with E-state index in [2.05, 4.69) is 5.32 Å². The lowest BCUT2D eigenvalue weighted by atomic mass is 10.1. The molecule has 6 heteroatoms. The van der Waals surface area contributed by atoms with E-state index in [-0.39, 0.29) is 17.3 Å². The zero-order valence-electron chi connectivity index (χ0n) is 8.93. The van der Waals surface area contributed by atoms with Crippen molar-refractivity contribution in [2.45, 2.75) is 19.9 Å². The molecular formula is C10H12N2O4. The van der Waals surface area contributed by atoms with Crippen LogP contribution in [0.5, 0.6) is 0 Å². The van der Waals surface area contributed by atoms with Crippen LogP contribution in [0.25, 0.3) is 0 Å². The predicted molar refractivity (Wildman–Crippen MR) is 58.8 cm³/mol. The van der Waals surface area contributed by atoms with Crippen LogP contribution in [0.2, 0.25) is 0 Å². The Bertz CT molecular complexity index is 429. The van der Waals surface area contributed by atoms with Crippen molar-refractivity contribution < 1.29 is 14.8 Å². The first-order valence-corrected chi connectivity index (χ1v) is 4.70. The summed E-state index contributed by atoms with van der Waals surface area (Å²) in [5.74, 6) is -1.31. The number of nitro benzene ring substituents is 1. The molecular weight excluding hydrogens is 212 g/mol. The highest BCUT2D eigenvalue weighted by molar-refractivity contribution is 5.95. The van der Waals surface area contributed by atoms with Crippen LogP contribution in [0.3, 0.4) is 0 Å². The molecule has 0 aromatic heterocycles. The second-order valence-electron chi connectivity index (χ2n) is 3.56. The molecule has 0 saturated carbocycles. The summed E-state index contributed by atoms with van der Waals surface area (Å²) in [5.41, 5.74) is -0.487. The minimum Gasteiger partial charge on any atom is -0.477 e. The van der Waals surface area contributed by atoms with Gasteiger partial charge in [-0.15, -0.1) is 0 Å². The fourth-order valence-electron chi connectivity index (χ4n) is 1.34. The van der Waals surface area contributed by atoms with E-state index in [1.54, 1.807) is 0 Å². The number of nitrogens with zero attached hydrogens (tertiary/aromatic N) is 1. The van der Waals surface area contributed by atoms with Gasteiger partial charge in [-0.1, -0.05) is 6.07 Å². The number of hydrogen-bond acceptors (Lipinski definition) is 4. The second kappa shape index (κ2) is 4.61. The molecule has 0 saturated heterocycles. The van der Waals surface area contributed by atoms with Crippen molar-refractivity contribution in [1.82, 2.24) is 0 Å². The van der Waals surface area contributed by atoms with Crippen LogP contribution in [0.1, 0.15) is 24.2 Å². The van der Waals surface area contributed by atoms with Gasteiger partial charge >= 0.3 is 11.7 Å². The van der Waals surface area contributed by atoms with Crippen molar-refractivity contribution in [3.63, 3.8) is 0 Å². The maximum Gasteiger partial charge on any atom is 0.342 e. The standard InChI is InChI=1S/C10H12N2O4/c1-6(2)11-8-5-3-4-7(10(13)14)9(8)12(15)16/h3-6,11H,1-2H3,(H,13,14). The van der Waals surface area contributed by atoms with Crippen LogP contribution in [0.4, 0.5) is 11.4 Å². The molecule has 1 aromatic rings. The van der Waals surface area contributed by atoms with Gasteiger partial charge in [0.15, 0.2) is 0 Å². The average molecular weight is 224 g/mol. The number of benzene rings is 1. The Morgan fingerprint density at radius 3 is 2.56 bits per heavy atom. The Morgan fingerprint density at radius 1 is 1.50 bits per heavy atom. The first-order valence-electron chi connectivity index (χ1n) is 4.70. The second-order valence-corrected chi connectivity index (χ2v) is 3.56. The Labute approximate surface area is 92.0 Å². The monoisotopic (exact) mass is 224 g/mol. The van der Waals surface area contributed by atoms with Gasteiger partial charge in [0.25, 0.3) is 0 Å². The van der Waals surface area contributed by atoms with Crippen molar-refractivity contribution >= 4 is 17.3 Å². The van der Waals surface area contributed by atoms with Crippen LogP contribution in [0, 0.1) is 10.1 Å². The number of rotatable bonds is 4. The van der Waals surface area contributed by atoms with E-state index < -0.39 is 16.6 Å². The number of nitrogens with one attached hydrogen (secondary N) is 1. The Balaban J connectivity index is 3.32. The van der Waals surface area contributed by atoms with E-state index >= 15 is 0 Å². The predicted octanol–water partition coefficient (Wildman–Crippen LogP) is 2.11. The van der Waals surface area contributed by atoms with Crippen molar-refractivity contribution in [1.29, 1.82) is 0 Å². The topological polar surface area (TPSA) is 92.5 Å². The quantitative estimate of drug-likeness (QED) is 0.603. The van der Waals surface area contributed by atoms with E-state index in [1.165, 1.54) is 18.2 Å². The van der Waals surface area contributed by atoms with E-state index in [4.69, 9.17) is 5.11 Å². The summed E-state index contributed by atoms with van der Waals surface area (Å²) in [6, 6.07) is 4.17. The maximum atomic E-state index is 10.8. The van der Waals surface area contributed by atoms with Crippen molar-refractivity contribution in [3.05, 3.63) is 33.9 Å². The summed E-state index contributed by atoms with van der Waals surface area (Å²) >= 11 is 0. The number of nitro groups is 1. The molecule has 0 atom stereocenters. The molecule has 0 fully saturated rings. The molecule has 2 N–H and O–H groups in total. The summed E-state index contributed by atoms with van der Waals surface area (Å²) in [6.07, 6.45) is 0. The lowest BCUT2D eigenvalue weighted by Crippen LogP contribution is -2.13. The van der Waals surface area contributed by atoms with Gasteiger partial charge in [-0.3, -0.25) is 10.1 Å². The summed E-state index contributed by atoms with van der Waals surface area (Å²) in [4.78, 5) is 21.0. The molecule has 0 aliphatic carbocycles. The van der Waals surface area contributed by atoms with Crippen LogP contribution < -0.4 is 5.32 Å². The molecule has 6 nitrogen and oxygen atoms in total. The maximum absolute atomic E-state index is 10.8. The third kappa shape index (κ3) is 2.47. The van der Waals surface area contributed by atoms with Gasteiger partial charge in [-0.25, -0.2) is 4.79 Å². The summed E-state index contributed by atoms with van der Waals surface area (Å²) in [7, 11) is 0. The molecule has 0 radical (unpaired) electrons. The Hall–Kier alpha value is -2.11. The number of para-hydroxylation sites is 1. The lowest BCUT2D eigenvalue weighted by Gasteiger charge is -2.11.